The lowest BCUT2D eigenvalue weighted by molar-refractivity contribution is 0.0732. The third kappa shape index (κ3) is 1.65. The van der Waals surface area contributed by atoms with Crippen LogP contribution in [0.4, 0.5) is 0 Å². The summed E-state index contributed by atoms with van der Waals surface area (Å²) in [6, 6.07) is 2.50. The molecule has 1 aliphatic carbocycles. The summed E-state index contributed by atoms with van der Waals surface area (Å²) in [5, 5.41) is 3.60. The molecule has 3 heterocycles. The molecule has 0 N–H and O–H groups in total. The Kier molecular flexibility index (Phi) is 2.24. The summed E-state index contributed by atoms with van der Waals surface area (Å²) < 4.78 is 4.95. The maximum absolute atomic E-state index is 12.1. The Hall–Kier alpha value is -1.36. The molecule has 0 radical (unpaired) electrons. The monoisotopic (exact) mass is 247 g/mol. The number of amides is 1. The van der Waals surface area contributed by atoms with E-state index in [0.29, 0.717) is 17.6 Å². The van der Waals surface area contributed by atoms with Gasteiger partial charge in [0.15, 0.2) is 0 Å². The fourth-order valence-corrected chi connectivity index (χ4v) is 3.41. The molecular weight excluding hydrogens is 230 g/mol. The molecule has 2 aliphatic heterocycles. The van der Waals surface area contributed by atoms with E-state index in [4.69, 9.17) is 4.52 Å². The molecule has 2 atom stereocenters. The van der Waals surface area contributed by atoms with Crippen LogP contribution < -0.4 is 0 Å². The number of nitrogens with zero attached hydrogens (tertiary/aromatic N) is 3. The molecule has 0 aromatic carbocycles. The van der Waals surface area contributed by atoms with E-state index in [1.54, 1.807) is 6.07 Å². The first-order valence-electron chi connectivity index (χ1n) is 6.75. The van der Waals surface area contributed by atoms with E-state index < -0.39 is 0 Å². The molecular formula is C13H17N3O2. The molecule has 0 spiro atoms. The van der Waals surface area contributed by atoms with Crippen molar-refractivity contribution in [3.05, 3.63) is 18.0 Å². The van der Waals surface area contributed by atoms with Gasteiger partial charge in [0, 0.05) is 38.3 Å². The smallest absolute Gasteiger partial charge is 0.292 e. The highest BCUT2D eigenvalue weighted by Gasteiger charge is 2.45. The molecule has 3 fully saturated rings. The average molecular weight is 247 g/mol. The Morgan fingerprint density at radius 1 is 1.22 bits per heavy atom. The van der Waals surface area contributed by atoms with E-state index in [2.05, 4.69) is 10.1 Å². The van der Waals surface area contributed by atoms with Crippen LogP contribution in [0.2, 0.25) is 0 Å². The van der Waals surface area contributed by atoms with E-state index in [1.807, 2.05) is 4.90 Å². The van der Waals surface area contributed by atoms with E-state index in [1.165, 1.54) is 32.1 Å². The fraction of sp³-hybridized carbons (Fsp3) is 0.692. The van der Waals surface area contributed by atoms with Gasteiger partial charge in [0.05, 0.1) is 6.20 Å². The molecule has 4 rings (SSSR count). The van der Waals surface area contributed by atoms with Crippen molar-refractivity contribution >= 4 is 5.91 Å². The first-order valence-corrected chi connectivity index (χ1v) is 6.75. The Labute approximate surface area is 106 Å². The molecule has 1 saturated carbocycles. The van der Waals surface area contributed by atoms with Crippen molar-refractivity contribution in [2.45, 2.75) is 18.9 Å². The predicted molar refractivity (Wildman–Crippen MR) is 64.0 cm³/mol. The summed E-state index contributed by atoms with van der Waals surface area (Å²) in [5.41, 5.74) is 0. The van der Waals surface area contributed by atoms with Gasteiger partial charge in [0.25, 0.3) is 5.91 Å². The van der Waals surface area contributed by atoms with Crippen LogP contribution in [0.1, 0.15) is 23.4 Å². The van der Waals surface area contributed by atoms with Gasteiger partial charge in [-0.25, -0.2) is 0 Å². The molecule has 1 aromatic heterocycles. The minimum absolute atomic E-state index is 0.000119. The van der Waals surface area contributed by atoms with Crippen LogP contribution >= 0.6 is 0 Å². The number of aromatic nitrogens is 1. The average Bonchev–Trinajstić information content (AvgIpc) is 2.81. The number of carbonyl (C=O) groups is 1. The molecule has 2 saturated heterocycles. The maximum atomic E-state index is 12.1. The van der Waals surface area contributed by atoms with Crippen molar-refractivity contribution in [1.82, 2.24) is 15.0 Å². The minimum Gasteiger partial charge on any atom is -0.351 e. The van der Waals surface area contributed by atoms with Crippen molar-refractivity contribution in [3.63, 3.8) is 0 Å². The Bertz CT molecular complexity index is 441. The summed E-state index contributed by atoms with van der Waals surface area (Å²) in [7, 11) is 0. The highest BCUT2D eigenvalue weighted by Crippen LogP contribution is 2.38. The zero-order valence-corrected chi connectivity index (χ0v) is 10.3. The zero-order chi connectivity index (χ0) is 12.1. The summed E-state index contributed by atoms with van der Waals surface area (Å²) in [4.78, 5) is 16.7. The quantitative estimate of drug-likeness (QED) is 0.777. The summed E-state index contributed by atoms with van der Waals surface area (Å²) in [6.07, 6.45) is 4.28. The number of hydrogen-bond donors (Lipinski definition) is 0. The van der Waals surface area contributed by atoms with Crippen molar-refractivity contribution in [1.29, 1.82) is 0 Å². The van der Waals surface area contributed by atoms with Gasteiger partial charge in [-0.1, -0.05) is 5.16 Å². The van der Waals surface area contributed by atoms with E-state index >= 15 is 0 Å². The van der Waals surface area contributed by atoms with E-state index in [-0.39, 0.29) is 5.91 Å². The van der Waals surface area contributed by atoms with E-state index in [9.17, 15) is 4.79 Å². The second kappa shape index (κ2) is 3.82. The standard InChI is InChI=1S/C13H17N3O2/c17-13(12-3-4-14-18-12)16-7-9-5-15(11-1-2-11)6-10(9)8-16/h3-4,9-11H,1-2,5-8H2. The number of hydrogen-bond acceptors (Lipinski definition) is 4. The van der Waals surface area contributed by atoms with E-state index in [0.717, 1.165) is 19.1 Å². The van der Waals surface area contributed by atoms with Crippen LogP contribution in [0.3, 0.4) is 0 Å². The first kappa shape index (κ1) is 10.6. The second-order valence-corrected chi connectivity index (χ2v) is 5.79. The van der Waals surface area contributed by atoms with Gasteiger partial charge in [0.2, 0.25) is 5.76 Å². The number of likely N-dealkylation sites (tertiary alicyclic amines) is 2. The molecule has 1 aromatic rings. The second-order valence-electron chi connectivity index (χ2n) is 5.79. The minimum atomic E-state index is -0.000119. The van der Waals surface area contributed by atoms with Gasteiger partial charge < -0.3 is 9.42 Å². The van der Waals surface area contributed by atoms with Crippen molar-refractivity contribution < 1.29 is 9.32 Å². The predicted octanol–water partition coefficient (Wildman–Crippen LogP) is 0.841. The van der Waals surface area contributed by atoms with Gasteiger partial charge >= 0.3 is 0 Å². The fourth-order valence-electron chi connectivity index (χ4n) is 3.41. The van der Waals surface area contributed by atoms with Crippen molar-refractivity contribution in [2.24, 2.45) is 11.8 Å². The topological polar surface area (TPSA) is 49.6 Å². The Morgan fingerprint density at radius 2 is 1.94 bits per heavy atom. The molecule has 2 unspecified atom stereocenters. The van der Waals surface area contributed by atoms with Crippen LogP contribution in [0, 0.1) is 11.8 Å². The van der Waals surface area contributed by atoms with Crippen molar-refractivity contribution in [3.8, 4) is 0 Å². The number of fused-ring (bicyclic) bond motifs is 1. The summed E-state index contributed by atoms with van der Waals surface area (Å²) >= 11 is 0. The lowest BCUT2D eigenvalue weighted by Gasteiger charge is -2.20. The van der Waals surface area contributed by atoms with Gasteiger partial charge in [0.1, 0.15) is 0 Å². The highest BCUT2D eigenvalue weighted by atomic mass is 16.5. The third-order valence-electron chi connectivity index (χ3n) is 4.51. The molecule has 5 heteroatoms. The van der Waals surface area contributed by atoms with Crippen LogP contribution in [0.25, 0.3) is 0 Å². The van der Waals surface area contributed by atoms with Crippen LogP contribution in [0.15, 0.2) is 16.8 Å². The summed E-state index contributed by atoms with van der Waals surface area (Å²) in [5.74, 6) is 1.70. The van der Waals surface area contributed by atoms with Crippen LogP contribution in [-0.2, 0) is 0 Å². The normalized spacial score (nSPS) is 31.9. The number of rotatable bonds is 2. The van der Waals surface area contributed by atoms with Gasteiger partial charge in [-0.2, -0.15) is 0 Å². The van der Waals surface area contributed by atoms with Crippen LogP contribution in [-0.4, -0.2) is 53.1 Å². The third-order valence-corrected chi connectivity index (χ3v) is 4.51. The zero-order valence-electron chi connectivity index (χ0n) is 10.3. The number of carbonyl (C=O) groups excluding carboxylic acids is 1. The first-order chi connectivity index (χ1) is 8.81. The van der Waals surface area contributed by atoms with Gasteiger partial charge in [-0.15, -0.1) is 0 Å². The molecule has 18 heavy (non-hydrogen) atoms. The Balaban J connectivity index is 1.42. The molecule has 3 aliphatic rings. The maximum Gasteiger partial charge on any atom is 0.292 e. The molecule has 96 valence electrons. The largest absolute Gasteiger partial charge is 0.351 e. The molecule has 5 nitrogen and oxygen atoms in total. The van der Waals surface area contributed by atoms with Gasteiger partial charge in [-0.05, 0) is 24.7 Å². The summed E-state index contributed by atoms with van der Waals surface area (Å²) in [6.45, 7) is 4.12. The molecule has 1 amide bonds. The van der Waals surface area contributed by atoms with Crippen LogP contribution in [0.5, 0.6) is 0 Å². The SMILES string of the molecule is O=C(c1ccno1)N1CC2CN(C3CC3)CC2C1. The molecule has 0 bridgehead atoms. The van der Waals surface area contributed by atoms with Crippen molar-refractivity contribution in [2.75, 3.05) is 26.2 Å². The Morgan fingerprint density at radius 3 is 2.50 bits per heavy atom. The highest BCUT2D eigenvalue weighted by molar-refractivity contribution is 5.91. The van der Waals surface area contributed by atoms with Gasteiger partial charge in [-0.3, -0.25) is 9.69 Å². The lowest BCUT2D eigenvalue weighted by atomic mass is 10.0. The lowest BCUT2D eigenvalue weighted by Crippen LogP contribution is -2.33.